The lowest BCUT2D eigenvalue weighted by Gasteiger charge is -2.16. The van der Waals surface area contributed by atoms with Crippen molar-refractivity contribution < 1.29 is 22.8 Å². The Hall–Kier alpha value is -2.83. The number of alkyl halides is 3. The lowest BCUT2D eigenvalue weighted by molar-refractivity contribution is -0.137. The molecular weight excluding hydrogens is 357 g/mol. The van der Waals surface area contributed by atoms with Gasteiger partial charge in [0.05, 0.1) is 16.9 Å². The van der Waals surface area contributed by atoms with Crippen LogP contribution < -0.4 is 10.6 Å². The monoisotopic (exact) mass is 376 g/mol. The Labute approximate surface area is 154 Å². The first-order valence-corrected chi connectivity index (χ1v) is 8.60. The molecule has 1 atom stereocenters. The highest BCUT2D eigenvalue weighted by Gasteiger charge is 2.31. The first-order chi connectivity index (χ1) is 12.7. The molecule has 4 nitrogen and oxygen atoms in total. The van der Waals surface area contributed by atoms with Gasteiger partial charge in [0.15, 0.2) is 0 Å². The first-order valence-electron chi connectivity index (χ1n) is 8.60. The topological polar surface area (TPSA) is 58.2 Å². The predicted octanol–water partition coefficient (Wildman–Crippen LogP) is 4.72. The summed E-state index contributed by atoms with van der Waals surface area (Å²) in [5.74, 6) is -0.783. The van der Waals surface area contributed by atoms with E-state index >= 15 is 0 Å². The van der Waals surface area contributed by atoms with Gasteiger partial charge in [-0.3, -0.25) is 9.59 Å². The number of benzene rings is 2. The quantitative estimate of drug-likeness (QED) is 0.811. The van der Waals surface area contributed by atoms with Gasteiger partial charge in [0, 0.05) is 13.3 Å². The largest absolute Gasteiger partial charge is 0.416 e. The second-order valence-corrected chi connectivity index (χ2v) is 6.63. The van der Waals surface area contributed by atoms with E-state index in [0.717, 1.165) is 36.6 Å². The molecule has 0 fully saturated rings. The van der Waals surface area contributed by atoms with Crippen LogP contribution in [0.2, 0.25) is 0 Å². The summed E-state index contributed by atoms with van der Waals surface area (Å²) >= 11 is 0. The van der Waals surface area contributed by atoms with Crippen molar-refractivity contribution in [3.63, 3.8) is 0 Å². The van der Waals surface area contributed by atoms with E-state index in [1.54, 1.807) is 0 Å². The number of carbonyl (C=O) groups is 2. The SMILES string of the molecule is CC(=O)Nc1ccc(C(F)(F)F)cc1NC(=O)CC1CCc2ccccc21. The Bertz CT molecular complexity index is 878. The Morgan fingerprint density at radius 1 is 1.07 bits per heavy atom. The molecule has 1 aliphatic rings. The molecule has 2 N–H and O–H groups in total. The van der Waals surface area contributed by atoms with Crippen molar-refractivity contribution in [2.45, 2.75) is 38.3 Å². The fraction of sp³-hybridized carbons (Fsp3) is 0.300. The van der Waals surface area contributed by atoms with Gasteiger partial charge in [0.25, 0.3) is 0 Å². The van der Waals surface area contributed by atoms with E-state index in [1.807, 2.05) is 24.3 Å². The smallest absolute Gasteiger partial charge is 0.325 e. The average Bonchev–Trinajstić information content (AvgIpc) is 2.98. The maximum absolute atomic E-state index is 13.0. The molecule has 0 aromatic heterocycles. The van der Waals surface area contributed by atoms with E-state index in [9.17, 15) is 22.8 Å². The Morgan fingerprint density at radius 2 is 1.81 bits per heavy atom. The van der Waals surface area contributed by atoms with Gasteiger partial charge < -0.3 is 10.6 Å². The molecule has 0 saturated carbocycles. The molecule has 3 rings (SSSR count). The van der Waals surface area contributed by atoms with Crippen LogP contribution >= 0.6 is 0 Å². The minimum absolute atomic E-state index is 0.0382. The number of carbonyl (C=O) groups excluding carboxylic acids is 2. The molecule has 1 aliphatic carbocycles. The highest BCUT2D eigenvalue weighted by atomic mass is 19.4. The van der Waals surface area contributed by atoms with Crippen LogP contribution in [-0.4, -0.2) is 11.8 Å². The summed E-state index contributed by atoms with van der Waals surface area (Å²) in [6.45, 7) is 1.25. The molecule has 0 aliphatic heterocycles. The summed E-state index contributed by atoms with van der Waals surface area (Å²) in [6, 6.07) is 10.7. The number of fused-ring (bicyclic) bond motifs is 1. The maximum Gasteiger partial charge on any atom is 0.416 e. The van der Waals surface area contributed by atoms with Gasteiger partial charge in [-0.2, -0.15) is 13.2 Å². The van der Waals surface area contributed by atoms with Crippen LogP contribution in [0.15, 0.2) is 42.5 Å². The summed E-state index contributed by atoms with van der Waals surface area (Å²) in [7, 11) is 0. The van der Waals surface area contributed by atoms with E-state index in [2.05, 4.69) is 10.6 Å². The van der Waals surface area contributed by atoms with Crippen LogP contribution in [0.5, 0.6) is 0 Å². The normalized spacial score (nSPS) is 15.9. The van der Waals surface area contributed by atoms with Crippen molar-refractivity contribution in [3.05, 3.63) is 59.2 Å². The third-order valence-electron chi connectivity index (χ3n) is 4.62. The molecule has 0 radical (unpaired) electrons. The van der Waals surface area contributed by atoms with Crippen LogP contribution in [0.25, 0.3) is 0 Å². The van der Waals surface area contributed by atoms with Gasteiger partial charge in [-0.05, 0) is 48.1 Å². The molecule has 2 amide bonds. The van der Waals surface area contributed by atoms with Crippen molar-refractivity contribution in [1.29, 1.82) is 0 Å². The summed E-state index contributed by atoms with van der Waals surface area (Å²) in [4.78, 5) is 23.8. The fourth-order valence-corrected chi connectivity index (χ4v) is 3.41. The van der Waals surface area contributed by atoms with Gasteiger partial charge in [-0.1, -0.05) is 24.3 Å². The van der Waals surface area contributed by atoms with Crippen LogP contribution in [0, 0.1) is 0 Å². The third-order valence-corrected chi connectivity index (χ3v) is 4.62. The van der Waals surface area contributed by atoms with E-state index in [-0.39, 0.29) is 29.6 Å². The standard InChI is InChI=1S/C20H19F3N2O2/c1-12(26)24-17-9-8-15(20(21,22)23)11-18(17)25-19(27)10-14-7-6-13-4-2-3-5-16(13)14/h2-5,8-9,11,14H,6-7,10H2,1H3,(H,24,26)(H,25,27). The van der Waals surface area contributed by atoms with Crippen LogP contribution in [0.3, 0.4) is 0 Å². The number of hydrogen-bond donors (Lipinski definition) is 2. The predicted molar refractivity (Wildman–Crippen MR) is 96.5 cm³/mol. The Balaban J connectivity index is 1.79. The highest BCUT2D eigenvalue weighted by molar-refractivity contribution is 5.99. The van der Waals surface area contributed by atoms with E-state index in [4.69, 9.17) is 0 Å². The molecular formula is C20H19F3N2O2. The van der Waals surface area contributed by atoms with Gasteiger partial charge in [-0.15, -0.1) is 0 Å². The van der Waals surface area contributed by atoms with Crippen molar-refractivity contribution >= 4 is 23.2 Å². The molecule has 0 spiro atoms. The first kappa shape index (κ1) is 18.9. The van der Waals surface area contributed by atoms with E-state index in [0.29, 0.717) is 0 Å². The van der Waals surface area contributed by atoms with E-state index < -0.39 is 17.6 Å². The molecule has 2 aromatic rings. The minimum atomic E-state index is -4.54. The van der Waals surface area contributed by atoms with Crippen LogP contribution in [-0.2, 0) is 22.2 Å². The van der Waals surface area contributed by atoms with Crippen molar-refractivity contribution in [2.24, 2.45) is 0 Å². The zero-order valence-corrected chi connectivity index (χ0v) is 14.7. The van der Waals surface area contributed by atoms with Crippen LogP contribution in [0.4, 0.5) is 24.5 Å². The fourth-order valence-electron chi connectivity index (χ4n) is 3.41. The Morgan fingerprint density at radius 3 is 2.52 bits per heavy atom. The van der Waals surface area contributed by atoms with Crippen LogP contribution in [0.1, 0.15) is 42.4 Å². The number of halogens is 3. The highest BCUT2D eigenvalue weighted by Crippen LogP contribution is 2.37. The number of aryl methyl sites for hydroxylation is 1. The van der Waals surface area contributed by atoms with Gasteiger partial charge in [0.1, 0.15) is 0 Å². The average molecular weight is 376 g/mol. The third kappa shape index (κ3) is 4.48. The Kier molecular flexibility index (Phi) is 5.21. The van der Waals surface area contributed by atoms with Gasteiger partial charge in [0.2, 0.25) is 11.8 Å². The number of hydrogen-bond acceptors (Lipinski definition) is 2. The minimum Gasteiger partial charge on any atom is -0.325 e. The summed E-state index contributed by atoms with van der Waals surface area (Å²) in [5.41, 5.74) is 1.50. The second-order valence-electron chi connectivity index (χ2n) is 6.63. The maximum atomic E-state index is 13.0. The summed E-state index contributed by atoms with van der Waals surface area (Å²) in [6.07, 6.45) is -2.66. The molecule has 0 saturated heterocycles. The molecule has 27 heavy (non-hydrogen) atoms. The second kappa shape index (κ2) is 7.42. The van der Waals surface area contributed by atoms with E-state index in [1.165, 1.54) is 12.5 Å². The molecule has 0 heterocycles. The molecule has 1 unspecified atom stereocenters. The zero-order chi connectivity index (χ0) is 19.6. The summed E-state index contributed by atoms with van der Waals surface area (Å²) < 4.78 is 39.0. The van der Waals surface area contributed by atoms with Gasteiger partial charge in [-0.25, -0.2) is 0 Å². The number of anilines is 2. The summed E-state index contributed by atoms with van der Waals surface area (Å²) in [5, 5.41) is 4.98. The zero-order valence-electron chi connectivity index (χ0n) is 14.7. The number of amides is 2. The van der Waals surface area contributed by atoms with Crippen molar-refractivity contribution in [1.82, 2.24) is 0 Å². The number of rotatable bonds is 4. The molecule has 142 valence electrons. The lowest BCUT2D eigenvalue weighted by Crippen LogP contribution is -2.18. The van der Waals surface area contributed by atoms with Crippen molar-refractivity contribution in [2.75, 3.05) is 10.6 Å². The van der Waals surface area contributed by atoms with Gasteiger partial charge >= 0.3 is 6.18 Å². The molecule has 0 bridgehead atoms. The molecule has 2 aromatic carbocycles. The lowest BCUT2D eigenvalue weighted by atomic mass is 9.97. The van der Waals surface area contributed by atoms with Crippen molar-refractivity contribution in [3.8, 4) is 0 Å². The molecule has 7 heteroatoms. The number of nitrogens with one attached hydrogen (secondary N) is 2.